The van der Waals surface area contributed by atoms with Gasteiger partial charge in [-0.3, -0.25) is 9.69 Å². The molecule has 0 aliphatic carbocycles. The molecule has 0 bridgehead atoms. The summed E-state index contributed by atoms with van der Waals surface area (Å²) in [6, 6.07) is 13.1. The van der Waals surface area contributed by atoms with E-state index in [1.165, 1.54) is 17.2 Å². The standard InChI is InChI=1S/C25H28FN5O2/c1-17-16-33-13-12-30(17)25(32)24-18(2)31(28-27-24)23-9-5-7-19-14-29(11-10-21(19)23)15-20-6-3-4-8-22(20)26/h3-9,17H,10-16H2,1-2H3/t17-/m1/s1. The topological polar surface area (TPSA) is 63.5 Å². The highest BCUT2D eigenvalue weighted by Crippen LogP contribution is 2.27. The molecule has 3 aromatic rings. The van der Waals surface area contributed by atoms with Crippen molar-refractivity contribution in [2.45, 2.75) is 39.4 Å². The molecular weight excluding hydrogens is 421 g/mol. The van der Waals surface area contributed by atoms with Gasteiger partial charge >= 0.3 is 0 Å². The molecule has 7 nitrogen and oxygen atoms in total. The number of morpholine rings is 1. The number of carbonyl (C=O) groups excluding carboxylic acids is 1. The van der Waals surface area contributed by atoms with Gasteiger partial charge in [-0.05, 0) is 43.5 Å². The zero-order valence-electron chi connectivity index (χ0n) is 19.0. The number of hydrogen-bond acceptors (Lipinski definition) is 5. The second-order valence-electron chi connectivity index (χ2n) is 8.82. The first kappa shape index (κ1) is 21.7. The first-order chi connectivity index (χ1) is 16.0. The molecule has 0 radical (unpaired) electrons. The summed E-state index contributed by atoms with van der Waals surface area (Å²) in [6.45, 7) is 7.65. The largest absolute Gasteiger partial charge is 0.377 e. The fourth-order valence-electron chi connectivity index (χ4n) is 4.77. The molecule has 172 valence electrons. The molecule has 1 aromatic heterocycles. The lowest BCUT2D eigenvalue weighted by molar-refractivity contribution is 0.00322. The summed E-state index contributed by atoms with van der Waals surface area (Å²) in [5.41, 5.74) is 5.19. The van der Waals surface area contributed by atoms with Gasteiger partial charge in [0.25, 0.3) is 5.91 Å². The van der Waals surface area contributed by atoms with Crippen molar-refractivity contribution in [3.63, 3.8) is 0 Å². The lowest BCUT2D eigenvalue weighted by atomic mass is 9.97. The third-order valence-electron chi connectivity index (χ3n) is 6.63. The van der Waals surface area contributed by atoms with E-state index in [2.05, 4.69) is 21.3 Å². The number of ether oxygens (including phenoxy) is 1. The van der Waals surface area contributed by atoms with Crippen molar-refractivity contribution in [2.75, 3.05) is 26.3 Å². The minimum Gasteiger partial charge on any atom is -0.377 e. The van der Waals surface area contributed by atoms with Gasteiger partial charge in [0, 0.05) is 31.7 Å². The maximum atomic E-state index is 14.1. The summed E-state index contributed by atoms with van der Waals surface area (Å²) < 4.78 is 21.4. The molecular formula is C25H28FN5O2. The third kappa shape index (κ3) is 4.16. The van der Waals surface area contributed by atoms with Gasteiger partial charge in [-0.1, -0.05) is 35.5 Å². The second kappa shape index (κ2) is 9.03. The lowest BCUT2D eigenvalue weighted by Gasteiger charge is -2.32. The Hall–Kier alpha value is -3.10. The van der Waals surface area contributed by atoms with Crippen molar-refractivity contribution < 1.29 is 13.9 Å². The number of benzene rings is 2. The second-order valence-corrected chi connectivity index (χ2v) is 8.82. The number of halogens is 1. The van der Waals surface area contributed by atoms with Crippen LogP contribution in [0.1, 0.15) is 39.8 Å². The summed E-state index contributed by atoms with van der Waals surface area (Å²) >= 11 is 0. The van der Waals surface area contributed by atoms with Gasteiger partial charge < -0.3 is 9.64 Å². The monoisotopic (exact) mass is 449 g/mol. The minimum atomic E-state index is -0.165. The normalized spacial score (nSPS) is 18.9. The highest BCUT2D eigenvalue weighted by atomic mass is 19.1. The van der Waals surface area contributed by atoms with Gasteiger partial charge in [-0.25, -0.2) is 9.07 Å². The van der Waals surface area contributed by atoms with Gasteiger partial charge in [-0.15, -0.1) is 5.10 Å². The Kier molecular flexibility index (Phi) is 5.95. The maximum Gasteiger partial charge on any atom is 0.276 e. The number of carbonyl (C=O) groups is 1. The fourth-order valence-corrected chi connectivity index (χ4v) is 4.77. The molecule has 3 heterocycles. The van der Waals surface area contributed by atoms with Crippen LogP contribution in [-0.2, 0) is 24.2 Å². The van der Waals surface area contributed by atoms with E-state index in [4.69, 9.17) is 4.74 Å². The molecule has 1 saturated heterocycles. The number of hydrogen-bond donors (Lipinski definition) is 0. The number of aromatic nitrogens is 3. The quantitative estimate of drug-likeness (QED) is 0.612. The van der Waals surface area contributed by atoms with Crippen molar-refractivity contribution in [1.82, 2.24) is 24.8 Å². The summed E-state index contributed by atoms with van der Waals surface area (Å²) in [4.78, 5) is 17.2. The zero-order chi connectivity index (χ0) is 22.9. The van der Waals surface area contributed by atoms with Crippen molar-refractivity contribution in [1.29, 1.82) is 0 Å². The molecule has 0 unspecified atom stereocenters. The first-order valence-corrected chi connectivity index (χ1v) is 11.4. The Labute approximate surface area is 192 Å². The first-order valence-electron chi connectivity index (χ1n) is 11.4. The van der Waals surface area contributed by atoms with Gasteiger partial charge in [0.15, 0.2) is 5.69 Å². The average molecular weight is 450 g/mol. The Bertz CT molecular complexity index is 1180. The summed E-state index contributed by atoms with van der Waals surface area (Å²) in [7, 11) is 0. The van der Waals surface area contributed by atoms with Crippen LogP contribution in [0.4, 0.5) is 4.39 Å². The van der Waals surface area contributed by atoms with Crippen LogP contribution in [0.15, 0.2) is 42.5 Å². The molecule has 0 spiro atoms. The Morgan fingerprint density at radius 1 is 1.18 bits per heavy atom. The molecule has 1 fully saturated rings. The maximum absolute atomic E-state index is 14.1. The van der Waals surface area contributed by atoms with Crippen molar-refractivity contribution in [3.8, 4) is 5.69 Å². The molecule has 2 aliphatic heterocycles. The van der Waals surface area contributed by atoms with Crippen molar-refractivity contribution in [2.24, 2.45) is 0 Å². The van der Waals surface area contributed by atoms with Crippen LogP contribution in [0.25, 0.3) is 5.69 Å². The summed E-state index contributed by atoms with van der Waals surface area (Å²) in [5, 5.41) is 8.62. The molecule has 8 heteroatoms. The molecule has 1 atom stereocenters. The fraction of sp³-hybridized carbons (Fsp3) is 0.400. The van der Waals surface area contributed by atoms with E-state index in [1.807, 2.05) is 43.0 Å². The molecule has 1 amide bonds. The molecule has 2 aliphatic rings. The highest BCUT2D eigenvalue weighted by Gasteiger charge is 2.29. The van der Waals surface area contributed by atoms with Crippen LogP contribution in [0.3, 0.4) is 0 Å². The highest BCUT2D eigenvalue weighted by molar-refractivity contribution is 5.93. The minimum absolute atomic E-state index is 0.0146. The van der Waals surface area contributed by atoms with Gasteiger partial charge in [0.2, 0.25) is 0 Å². The van der Waals surface area contributed by atoms with E-state index in [9.17, 15) is 9.18 Å². The molecule has 33 heavy (non-hydrogen) atoms. The number of amides is 1. The molecule has 5 rings (SSSR count). The third-order valence-corrected chi connectivity index (χ3v) is 6.63. The summed E-state index contributed by atoms with van der Waals surface area (Å²) in [5.74, 6) is -0.266. The van der Waals surface area contributed by atoms with E-state index in [1.54, 1.807) is 10.7 Å². The molecule has 2 aromatic carbocycles. The SMILES string of the molecule is Cc1c(C(=O)N2CCOC[C@H]2C)nnn1-c1cccc2c1CCN(Cc1ccccc1F)C2. The van der Waals surface area contributed by atoms with Crippen LogP contribution in [-0.4, -0.2) is 63.0 Å². The number of nitrogens with zero attached hydrogens (tertiary/aromatic N) is 5. The van der Waals surface area contributed by atoms with Crippen LogP contribution < -0.4 is 0 Å². The predicted octanol–water partition coefficient (Wildman–Crippen LogP) is 3.13. The van der Waals surface area contributed by atoms with Crippen LogP contribution >= 0.6 is 0 Å². The van der Waals surface area contributed by atoms with Gasteiger partial charge in [0.1, 0.15) is 5.82 Å². The van der Waals surface area contributed by atoms with Crippen LogP contribution in [0, 0.1) is 12.7 Å². The van der Waals surface area contributed by atoms with Gasteiger partial charge in [-0.2, -0.15) is 0 Å². The number of rotatable bonds is 4. The average Bonchev–Trinajstić information content (AvgIpc) is 3.21. The lowest BCUT2D eigenvalue weighted by Crippen LogP contribution is -2.47. The summed E-state index contributed by atoms with van der Waals surface area (Å²) in [6.07, 6.45) is 0.822. The van der Waals surface area contributed by atoms with Crippen molar-refractivity contribution in [3.05, 3.63) is 76.4 Å². The van der Waals surface area contributed by atoms with Gasteiger partial charge in [0.05, 0.1) is 30.6 Å². The van der Waals surface area contributed by atoms with Crippen molar-refractivity contribution >= 4 is 5.91 Å². The van der Waals surface area contributed by atoms with E-state index in [0.29, 0.717) is 37.6 Å². The zero-order valence-corrected chi connectivity index (χ0v) is 19.0. The predicted molar refractivity (Wildman–Crippen MR) is 122 cm³/mol. The smallest absolute Gasteiger partial charge is 0.276 e. The van der Waals surface area contributed by atoms with E-state index < -0.39 is 0 Å². The Morgan fingerprint density at radius 3 is 2.85 bits per heavy atom. The van der Waals surface area contributed by atoms with E-state index in [-0.39, 0.29) is 17.8 Å². The van der Waals surface area contributed by atoms with E-state index >= 15 is 0 Å². The Morgan fingerprint density at radius 2 is 2.03 bits per heavy atom. The van der Waals surface area contributed by atoms with Crippen LogP contribution in [0.2, 0.25) is 0 Å². The molecule has 0 N–H and O–H groups in total. The van der Waals surface area contributed by atoms with Crippen LogP contribution in [0.5, 0.6) is 0 Å². The Balaban J connectivity index is 1.39. The van der Waals surface area contributed by atoms with E-state index in [0.717, 1.165) is 30.9 Å². The number of fused-ring (bicyclic) bond motifs is 1. The molecule has 0 saturated carbocycles.